The number of hydrogen-bond donors (Lipinski definition) is 1. The fraction of sp³-hybridized carbons (Fsp3) is 0.333. The molecule has 28 heavy (non-hydrogen) atoms. The van der Waals surface area contributed by atoms with Crippen LogP contribution in [0.5, 0.6) is 0 Å². The van der Waals surface area contributed by atoms with E-state index in [9.17, 15) is 9.59 Å². The van der Waals surface area contributed by atoms with Gasteiger partial charge in [-0.25, -0.2) is 0 Å². The van der Waals surface area contributed by atoms with E-state index in [0.29, 0.717) is 30.4 Å². The number of nitrogens with zero attached hydrogens (tertiary/aromatic N) is 1. The summed E-state index contributed by atoms with van der Waals surface area (Å²) in [4.78, 5) is 27.8. The molecule has 2 amide bonds. The van der Waals surface area contributed by atoms with Crippen molar-refractivity contribution >= 4 is 23.4 Å². The van der Waals surface area contributed by atoms with Crippen molar-refractivity contribution < 1.29 is 18.7 Å². The molecule has 144 valence electrons. The van der Waals surface area contributed by atoms with Gasteiger partial charge < -0.3 is 19.4 Å². The number of nitrogens with one attached hydrogen (secondary N) is 1. The van der Waals surface area contributed by atoms with Crippen LogP contribution in [-0.4, -0.2) is 35.0 Å². The predicted octanol–water partition coefficient (Wildman–Crippen LogP) is 2.53. The Hall–Kier alpha value is -2.57. The van der Waals surface area contributed by atoms with Gasteiger partial charge in [0, 0.05) is 11.6 Å². The lowest BCUT2D eigenvalue weighted by atomic mass is 9.77. The quantitative estimate of drug-likeness (QED) is 0.785. The van der Waals surface area contributed by atoms with Gasteiger partial charge in [-0.3, -0.25) is 9.59 Å². The predicted molar refractivity (Wildman–Crippen MR) is 101 cm³/mol. The van der Waals surface area contributed by atoms with Crippen molar-refractivity contribution in [2.75, 3.05) is 6.54 Å². The first-order valence-corrected chi connectivity index (χ1v) is 9.64. The van der Waals surface area contributed by atoms with E-state index in [0.717, 1.165) is 5.56 Å². The first-order chi connectivity index (χ1) is 13.6. The molecule has 7 heteroatoms. The Morgan fingerprint density at radius 2 is 2.11 bits per heavy atom. The van der Waals surface area contributed by atoms with E-state index in [-0.39, 0.29) is 17.9 Å². The van der Waals surface area contributed by atoms with Crippen molar-refractivity contribution in [2.24, 2.45) is 11.8 Å². The van der Waals surface area contributed by atoms with Gasteiger partial charge in [-0.05, 0) is 29.8 Å². The maximum absolute atomic E-state index is 13.1. The summed E-state index contributed by atoms with van der Waals surface area (Å²) in [5, 5.41) is 3.60. The fourth-order valence-corrected chi connectivity index (χ4v) is 4.64. The third-order valence-corrected chi connectivity index (χ3v) is 6.04. The summed E-state index contributed by atoms with van der Waals surface area (Å²) < 4.78 is 11.5. The van der Waals surface area contributed by atoms with Crippen molar-refractivity contribution in [2.45, 2.75) is 24.8 Å². The third-order valence-electron chi connectivity index (χ3n) is 5.79. The molecule has 5 rings (SSSR count). The normalized spacial score (nSPS) is 30.1. The van der Waals surface area contributed by atoms with E-state index < -0.39 is 17.4 Å². The smallest absolute Gasteiger partial charge is 0.230 e. The van der Waals surface area contributed by atoms with Gasteiger partial charge in [-0.2, -0.15) is 0 Å². The lowest BCUT2D eigenvalue weighted by molar-refractivity contribution is -0.138. The van der Waals surface area contributed by atoms with Crippen molar-refractivity contribution in [1.29, 1.82) is 0 Å². The largest absolute Gasteiger partial charge is 0.467 e. The number of carbonyl (C=O) groups is 2. The summed E-state index contributed by atoms with van der Waals surface area (Å²) in [6.07, 6.45) is 5.09. The van der Waals surface area contributed by atoms with Gasteiger partial charge in [0.2, 0.25) is 11.8 Å². The van der Waals surface area contributed by atoms with E-state index in [2.05, 4.69) is 5.32 Å². The highest BCUT2D eigenvalue weighted by molar-refractivity contribution is 6.30. The number of ether oxygens (including phenoxy) is 1. The zero-order valence-corrected chi connectivity index (χ0v) is 15.8. The molecular weight excluding hydrogens is 380 g/mol. The van der Waals surface area contributed by atoms with E-state index in [4.69, 9.17) is 20.8 Å². The van der Waals surface area contributed by atoms with Gasteiger partial charge >= 0.3 is 0 Å². The zero-order chi connectivity index (χ0) is 19.3. The van der Waals surface area contributed by atoms with Crippen LogP contribution < -0.4 is 5.32 Å². The number of benzene rings is 1. The van der Waals surface area contributed by atoms with Crippen molar-refractivity contribution in [3.8, 4) is 0 Å². The summed E-state index contributed by atoms with van der Waals surface area (Å²) >= 11 is 5.90. The van der Waals surface area contributed by atoms with Gasteiger partial charge in [0.05, 0.1) is 37.3 Å². The molecule has 6 nitrogen and oxygen atoms in total. The summed E-state index contributed by atoms with van der Waals surface area (Å²) in [5.41, 5.74) is 0.237. The molecule has 0 aliphatic carbocycles. The number of halogens is 1. The number of hydrogen-bond acceptors (Lipinski definition) is 4. The lowest BCUT2D eigenvalue weighted by Gasteiger charge is -2.23. The van der Waals surface area contributed by atoms with Crippen molar-refractivity contribution in [3.05, 3.63) is 71.2 Å². The molecular formula is C21H19ClN2O4. The molecule has 0 unspecified atom stereocenters. The number of carbonyl (C=O) groups excluding carboxylic acids is 2. The maximum atomic E-state index is 13.1. The standard InChI is InChI=1S/C21H19ClN2O4/c22-14-5-3-13(4-6-14)10-23-19(25)17-16-7-8-21(28-16)12-24(20(26)18(17)21)11-15-2-1-9-27-15/h1-9,16-18H,10-12H2,(H,23,25)/t16-,17+,18-,21+/m0/s1. The molecule has 3 aliphatic rings. The van der Waals surface area contributed by atoms with Crippen LogP contribution in [0.4, 0.5) is 0 Å². The minimum Gasteiger partial charge on any atom is -0.467 e. The second kappa shape index (κ2) is 6.50. The second-order valence-electron chi connectivity index (χ2n) is 7.52. The molecule has 3 aliphatic heterocycles. The first kappa shape index (κ1) is 17.5. The lowest BCUT2D eigenvalue weighted by Crippen LogP contribution is -2.43. The van der Waals surface area contributed by atoms with Crippen LogP contribution in [0.2, 0.25) is 5.02 Å². The van der Waals surface area contributed by atoms with Crippen LogP contribution in [0.1, 0.15) is 11.3 Å². The Morgan fingerprint density at radius 3 is 2.86 bits per heavy atom. The molecule has 2 fully saturated rings. The van der Waals surface area contributed by atoms with Crippen molar-refractivity contribution in [1.82, 2.24) is 10.2 Å². The van der Waals surface area contributed by atoms with Crippen LogP contribution in [0.3, 0.4) is 0 Å². The topological polar surface area (TPSA) is 71.8 Å². The summed E-state index contributed by atoms with van der Waals surface area (Å²) in [6, 6.07) is 10.9. The molecule has 1 spiro atoms. The van der Waals surface area contributed by atoms with Gasteiger partial charge in [-0.1, -0.05) is 35.9 Å². The Labute approximate surface area is 167 Å². The monoisotopic (exact) mass is 398 g/mol. The minimum absolute atomic E-state index is 0.0603. The SMILES string of the molecule is O=C(NCc1ccc(Cl)cc1)[C@@H]1[C@@H]2C=C[C@]3(CN(Cc4ccco4)C(=O)[C@H]13)O2. The first-order valence-electron chi connectivity index (χ1n) is 9.26. The number of likely N-dealkylation sites (tertiary alicyclic amines) is 1. The number of amides is 2. The Kier molecular flexibility index (Phi) is 4.07. The maximum Gasteiger partial charge on any atom is 0.230 e. The average molecular weight is 399 g/mol. The Morgan fingerprint density at radius 1 is 1.29 bits per heavy atom. The molecule has 2 aromatic rings. The molecule has 0 saturated carbocycles. The fourth-order valence-electron chi connectivity index (χ4n) is 4.51. The van der Waals surface area contributed by atoms with Crippen LogP contribution in [-0.2, 0) is 27.4 Å². The van der Waals surface area contributed by atoms with Crippen LogP contribution >= 0.6 is 11.6 Å². The highest BCUT2D eigenvalue weighted by Gasteiger charge is 2.66. The number of rotatable bonds is 5. The van der Waals surface area contributed by atoms with Gasteiger partial charge in [0.1, 0.15) is 11.4 Å². The zero-order valence-electron chi connectivity index (χ0n) is 15.0. The van der Waals surface area contributed by atoms with Crippen LogP contribution in [0.15, 0.2) is 59.2 Å². The molecule has 1 N–H and O–H groups in total. The molecule has 2 saturated heterocycles. The highest BCUT2D eigenvalue weighted by atomic mass is 35.5. The van der Waals surface area contributed by atoms with Crippen LogP contribution in [0.25, 0.3) is 0 Å². The van der Waals surface area contributed by atoms with E-state index in [1.54, 1.807) is 29.4 Å². The van der Waals surface area contributed by atoms with E-state index >= 15 is 0 Å². The summed E-state index contributed by atoms with van der Waals surface area (Å²) in [6.45, 7) is 1.20. The average Bonchev–Trinajstić information content (AvgIpc) is 3.45. The number of furan rings is 1. The molecule has 4 heterocycles. The number of fused-ring (bicyclic) bond motifs is 1. The molecule has 2 bridgehead atoms. The highest BCUT2D eigenvalue weighted by Crippen LogP contribution is 2.52. The van der Waals surface area contributed by atoms with Crippen molar-refractivity contribution in [3.63, 3.8) is 0 Å². The Bertz CT molecular complexity index is 940. The van der Waals surface area contributed by atoms with Crippen LogP contribution in [0, 0.1) is 11.8 Å². The Balaban J connectivity index is 1.32. The second-order valence-corrected chi connectivity index (χ2v) is 7.95. The summed E-state index contributed by atoms with van der Waals surface area (Å²) in [5.74, 6) is -0.527. The summed E-state index contributed by atoms with van der Waals surface area (Å²) in [7, 11) is 0. The van der Waals surface area contributed by atoms with Gasteiger partial charge in [0.15, 0.2) is 0 Å². The minimum atomic E-state index is -0.712. The molecule has 1 aromatic heterocycles. The van der Waals surface area contributed by atoms with Gasteiger partial charge in [-0.15, -0.1) is 0 Å². The molecule has 4 atom stereocenters. The van der Waals surface area contributed by atoms with Gasteiger partial charge in [0.25, 0.3) is 0 Å². The van der Waals surface area contributed by atoms with E-state index in [1.165, 1.54) is 0 Å². The molecule has 1 aromatic carbocycles. The van der Waals surface area contributed by atoms with E-state index in [1.807, 2.05) is 30.4 Å². The third kappa shape index (κ3) is 2.75. The molecule has 0 radical (unpaired) electrons.